The largest absolute Gasteiger partial charge is 0.495 e. The molecule has 4 rings (SSSR count). The molecule has 0 spiro atoms. The molecule has 12 heteroatoms. The number of nitrogens with zero attached hydrogens (tertiary/aromatic N) is 2. The molecule has 8 nitrogen and oxygen atoms in total. The van der Waals surface area contributed by atoms with Crippen LogP contribution in [0.2, 0.25) is 5.02 Å². The molecule has 1 aromatic heterocycles. The molecule has 4 aromatic rings. The Morgan fingerprint density at radius 1 is 1.05 bits per heavy atom. The summed E-state index contributed by atoms with van der Waals surface area (Å²) in [4.78, 5) is 20.3. The Balaban J connectivity index is 1.70. The number of sulfonamides is 1. The summed E-state index contributed by atoms with van der Waals surface area (Å²) in [5.41, 5.74) is -1.01. The highest BCUT2D eigenvalue weighted by Gasteiger charge is 2.25. The van der Waals surface area contributed by atoms with Crippen molar-refractivity contribution in [3.8, 4) is 16.9 Å². The van der Waals surface area contributed by atoms with E-state index in [4.69, 9.17) is 16.3 Å². The van der Waals surface area contributed by atoms with E-state index in [-0.39, 0.29) is 33.1 Å². The van der Waals surface area contributed by atoms with E-state index in [9.17, 15) is 17.6 Å². The summed E-state index contributed by atoms with van der Waals surface area (Å²) in [6, 6.07) is 10.3. The van der Waals surface area contributed by atoms with E-state index in [0.29, 0.717) is 10.9 Å². The maximum atomic E-state index is 15.5. The minimum absolute atomic E-state index is 0.00256. The van der Waals surface area contributed by atoms with Gasteiger partial charge in [0.25, 0.3) is 10.0 Å². The van der Waals surface area contributed by atoms with E-state index in [1.807, 2.05) is 0 Å². The molecular weight excluding hydrogens is 538 g/mol. The minimum Gasteiger partial charge on any atom is -0.495 e. The molecule has 0 fully saturated rings. The van der Waals surface area contributed by atoms with Crippen LogP contribution in [0, 0.1) is 17.0 Å². The van der Waals surface area contributed by atoms with Gasteiger partial charge in [0.05, 0.1) is 23.9 Å². The molecule has 1 heterocycles. The van der Waals surface area contributed by atoms with Gasteiger partial charge in [-0.2, -0.15) is 0 Å². The number of fused-ring (bicyclic) bond motifs is 1. The van der Waals surface area contributed by atoms with Crippen LogP contribution in [-0.4, -0.2) is 31.4 Å². The minimum atomic E-state index is -4.35. The summed E-state index contributed by atoms with van der Waals surface area (Å²) in [5.74, 6) is -2.20. The molecule has 0 aliphatic rings. The summed E-state index contributed by atoms with van der Waals surface area (Å²) in [5, 5.41) is 3.21. The Hall–Kier alpha value is -3.83. The first-order valence-electron chi connectivity index (χ1n) is 11.2. The maximum absolute atomic E-state index is 15.5. The van der Waals surface area contributed by atoms with Crippen molar-refractivity contribution in [2.75, 3.05) is 17.1 Å². The first-order chi connectivity index (χ1) is 17.8. The Bertz CT molecular complexity index is 1670. The smallest absolute Gasteiger partial charge is 0.265 e. The lowest BCUT2D eigenvalue weighted by Crippen LogP contribution is -2.28. The van der Waals surface area contributed by atoms with Crippen LogP contribution in [0.15, 0.2) is 59.6 Å². The first kappa shape index (κ1) is 27.2. The van der Waals surface area contributed by atoms with Gasteiger partial charge in [-0.05, 0) is 48.0 Å². The van der Waals surface area contributed by atoms with Crippen LogP contribution >= 0.6 is 11.6 Å². The van der Waals surface area contributed by atoms with Gasteiger partial charge in [0.1, 0.15) is 16.5 Å². The van der Waals surface area contributed by atoms with Crippen molar-refractivity contribution in [3.05, 3.63) is 71.4 Å². The van der Waals surface area contributed by atoms with Crippen molar-refractivity contribution >= 4 is 50.1 Å². The number of amides is 1. The number of anilines is 2. The number of nitrogens with one attached hydrogen (secondary N) is 2. The Morgan fingerprint density at radius 3 is 2.47 bits per heavy atom. The first-order valence-corrected chi connectivity index (χ1v) is 13.1. The van der Waals surface area contributed by atoms with Crippen LogP contribution in [-0.2, 0) is 14.8 Å². The molecule has 0 saturated carbocycles. The second-order valence-corrected chi connectivity index (χ2v) is 11.4. The molecule has 198 valence electrons. The van der Waals surface area contributed by atoms with Crippen LogP contribution in [0.1, 0.15) is 20.8 Å². The Labute approximate surface area is 223 Å². The van der Waals surface area contributed by atoms with E-state index < -0.39 is 38.3 Å². The second-order valence-electron chi connectivity index (χ2n) is 9.36. The lowest BCUT2D eigenvalue weighted by atomic mass is 9.96. The van der Waals surface area contributed by atoms with Crippen LogP contribution in [0.25, 0.3) is 22.0 Å². The number of carbonyl (C=O) groups excluding carboxylic acids is 1. The number of rotatable bonds is 6. The van der Waals surface area contributed by atoms with E-state index in [1.54, 1.807) is 20.8 Å². The molecule has 3 aromatic carbocycles. The molecule has 0 bridgehead atoms. The van der Waals surface area contributed by atoms with Crippen molar-refractivity contribution in [1.82, 2.24) is 9.97 Å². The average molecular weight is 561 g/mol. The van der Waals surface area contributed by atoms with Gasteiger partial charge in [0.15, 0.2) is 5.82 Å². The van der Waals surface area contributed by atoms with Gasteiger partial charge in [0, 0.05) is 22.0 Å². The summed E-state index contributed by atoms with van der Waals surface area (Å²) < 4.78 is 63.6. The van der Waals surface area contributed by atoms with Crippen molar-refractivity contribution in [3.63, 3.8) is 0 Å². The highest BCUT2D eigenvalue weighted by molar-refractivity contribution is 7.92. The topological polar surface area (TPSA) is 110 Å². The van der Waals surface area contributed by atoms with Gasteiger partial charge in [-0.15, -0.1) is 0 Å². The van der Waals surface area contributed by atoms with Crippen molar-refractivity contribution in [2.45, 2.75) is 25.7 Å². The second kappa shape index (κ2) is 10.1. The van der Waals surface area contributed by atoms with Gasteiger partial charge in [-0.3, -0.25) is 14.8 Å². The molecule has 0 aliphatic heterocycles. The van der Waals surface area contributed by atoms with Crippen molar-refractivity contribution < 1.29 is 26.7 Å². The lowest BCUT2D eigenvalue weighted by Gasteiger charge is -2.16. The fourth-order valence-electron chi connectivity index (χ4n) is 3.49. The maximum Gasteiger partial charge on any atom is 0.265 e. The standard InChI is InChI=1S/C26H23ClF2N4O4S/c1-26(2,3)24(34)32-25-30-13-15-11-14(5-8-18(15)31-25)22-17(28)7-9-19(23(22)29)33-38(35,36)21-12-16(27)6-10-20(21)37-4/h5-13,33H,1-4H3,(H,30,31,32,34). The van der Waals surface area contributed by atoms with E-state index in [1.165, 1.54) is 43.6 Å². The number of hydrogen-bond donors (Lipinski definition) is 2. The average Bonchev–Trinajstić information content (AvgIpc) is 2.85. The van der Waals surface area contributed by atoms with Crippen LogP contribution in [0.4, 0.5) is 20.4 Å². The van der Waals surface area contributed by atoms with Crippen LogP contribution < -0.4 is 14.8 Å². The number of carbonyl (C=O) groups is 1. The molecular formula is C26H23ClF2N4O4S. The van der Waals surface area contributed by atoms with Gasteiger partial charge < -0.3 is 4.74 Å². The van der Waals surface area contributed by atoms with E-state index in [2.05, 4.69) is 20.0 Å². The number of ether oxygens (including phenoxy) is 1. The molecule has 2 N–H and O–H groups in total. The zero-order valence-electron chi connectivity index (χ0n) is 20.8. The molecule has 0 radical (unpaired) electrons. The highest BCUT2D eigenvalue weighted by atomic mass is 35.5. The zero-order chi connectivity index (χ0) is 27.8. The summed E-state index contributed by atoms with van der Waals surface area (Å²) in [6.45, 7) is 5.25. The molecule has 0 saturated heterocycles. The number of halogens is 3. The third-order valence-electron chi connectivity index (χ3n) is 5.53. The van der Waals surface area contributed by atoms with E-state index >= 15 is 4.39 Å². The predicted molar refractivity (Wildman–Crippen MR) is 142 cm³/mol. The third kappa shape index (κ3) is 5.53. The number of hydrogen-bond acceptors (Lipinski definition) is 6. The summed E-state index contributed by atoms with van der Waals surface area (Å²) in [6.07, 6.45) is 1.41. The Morgan fingerprint density at radius 2 is 1.79 bits per heavy atom. The molecule has 0 atom stereocenters. The number of methoxy groups -OCH3 is 1. The number of aromatic nitrogens is 2. The molecule has 1 amide bonds. The molecule has 0 unspecified atom stereocenters. The monoisotopic (exact) mass is 560 g/mol. The summed E-state index contributed by atoms with van der Waals surface area (Å²) >= 11 is 5.94. The SMILES string of the molecule is COc1ccc(Cl)cc1S(=O)(=O)Nc1ccc(F)c(-c2ccc3nc(NC(=O)C(C)(C)C)ncc3c2)c1F. The van der Waals surface area contributed by atoms with E-state index in [0.717, 1.165) is 18.2 Å². The van der Waals surface area contributed by atoms with Gasteiger partial charge in [-0.25, -0.2) is 27.2 Å². The molecule has 38 heavy (non-hydrogen) atoms. The van der Waals surface area contributed by atoms with Crippen molar-refractivity contribution in [1.29, 1.82) is 0 Å². The zero-order valence-corrected chi connectivity index (χ0v) is 22.3. The highest BCUT2D eigenvalue weighted by Crippen LogP contribution is 2.35. The summed E-state index contributed by atoms with van der Waals surface area (Å²) in [7, 11) is -3.07. The van der Waals surface area contributed by atoms with Crippen LogP contribution in [0.3, 0.4) is 0 Å². The van der Waals surface area contributed by atoms with Gasteiger partial charge in [-0.1, -0.05) is 38.4 Å². The fourth-order valence-corrected chi connectivity index (χ4v) is 4.99. The number of benzene rings is 3. The lowest BCUT2D eigenvalue weighted by molar-refractivity contribution is -0.123. The quantitative estimate of drug-likeness (QED) is 0.298. The fraction of sp³-hybridized carbons (Fsp3) is 0.192. The normalized spacial score (nSPS) is 11.9. The van der Waals surface area contributed by atoms with Crippen LogP contribution in [0.5, 0.6) is 5.75 Å². The Kier molecular flexibility index (Phi) is 7.26. The predicted octanol–water partition coefficient (Wildman–Crippen LogP) is 6.02. The third-order valence-corrected chi connectivity index (χ3v) is 7.15. The van der Waals surface area contributed by atoms with Gasteiger partial charge >= 0.3 is 0 Å². The molecule has 0 aliphatic carbocycles. The van der Waals surface area contributed by atoms with Crippen molar-refractivity contribution in [2.24, 2.45) is 5.41 Å². The van der Waals surface area contributed by atoms with Gasteiger partial charge in [0.2, 0.25) is 11.9 Å².